The van der Waals surface area contributed by atoms with Crippen molar-refractivity contribution in [2.24, 2.45) is 0 Å². The van der Waals surface area contributed by atoms with E-state index in [4.69, 9.17) is 26.4 Å². The van der Waals surface area contributed by atoms with Gasteiger partial charge in [-0.25, -0.2) is 9.48 Å². The molecule has 0 unspecified atom stereocenters. The average molecular weight is 471 g/mol. The van der Waals surface area contributed by atoms with E-state index in [1.165, 1.54) is 0 Å². The molecule has 1 aliphatic rings. The number of rotatable bonds is 5. The average Bonchev–Trinajstić information content (AvgIpc) is 3.27. The Labute approximate surface area is 202 Å². The molecule has 1 aliphatic heterocycles. The fourth-order valence-electron chi connectivity index (χ4n) is 4.12. The predicted octanol–water partition coefficient (Wildman–Crippen LogP) is 5.94. The van der Waals surface area contributed by atoms with Crippen LogP contribution in [0.25, 0.3) is 11.4 Å². The lowest BCUT2D eigenvalue weighted by Crippen LogP contribution is -2.30. The number of hydrogen-bond acceptors (Lipinski definition) is 5. The van der Waals surface area contributed by atoms with Gasteiger partial charge in [-0.2, -0.15) is 4.98 Å². The minimum atomic E-state index is -0.478. The summed E-state index contributed by atoms with van der Waals surface area (Å²) in [5, 5.41) is 8.69. The molecule has 0 radical (unpaired) electrons. The lowest BCUT2D eigenvalue weighted by molar-refractivity contribution is -0.140. The zero-order chi connectivity index (χ0) is 23.7. The third-order valence-electron chi connectivity index (χ3n) is 5.87. The zero-order valence-corrected chi connectivity index (χ0v) is 19.6. The van der Waals surface area contributed by atoms with Gasteiger partial charge in [0.1, 0.15) is 12.6 Å². The van der Waals surface area contributed by atoms with Gasteiger partial charge in [-0.15, -0.1) is 5.10 Å². The van der Waals surface area contributed by atoms with Crippen molar-refractivity contribution in [1.82, 2.24) is 14.8 Å². The molecule has 0 saturated heterocycles. The van der Waals surface area contributed by atoms with Crippen LogP contribution in [0.2, 0.25) is 5.02 Å². The van der Waals surface area contributed by atoms with Crippen molar-refractivity contribution in [2.75, 3.05) is 5.32 Å². The molecule has 0 fully saturated rings. The molecule has 6 nitrogen and oxygen atoms in total. The summed E-state index contributed by atoms with van der Waals surface area (Å²) >= 11 is 6.05. The molecule has 170 valence electrons. The molecule has 1 atom stereocenters. The molecule has 1 N–H and O–H groups in total. The molecule has 0 spiro atoms. The highest BCUT2D eigenvalue weighted by Gasteiger charge is 2.36. The zero-order valence-electron chi connectivity index (χ0n) is 18.8. The Balaban J connectivity index is 1.56. The second-order valence-electron chi connectivity index (χ2n) is 8.20. The number of allylic oxidation sites excluding steroid dienone is 1. The summed E-state index contributed by atoms with van der Waals surface area (Å²) in [6, 6.07) is 24.5. The number of esters is 1. The highest BCUT2D eigenvalue weighted by atomic mass is 35.5. The highest BCUT2D eigenvalue weighted by molar-refractivity contribution is 6.30. The summed E-state index contributed by atoms with van der Waals surface area (Å²) in [6.07, 6.45) is 0. The molecule has 0 aliphatic carbocycles. The fourth-order valence-corrected chi connectivity index (χ4v) is 4.24. The Bertz CT molecular complexity index is 1380. The van der Waals surface area contributed by atoms with Gasteiger partial charge in [0.05, 0.1) is 5.57 Å². The highest BCUT2D eigenvalue weighted by Crippen LogP contribution is 2.38. The molecule has 0 amide bonds. The number of anilines is 1. The van der Waals surface area contributed by atoms with Crippen LogP contribution >= 0.6 is 11.6 Å². The Morgan fingerprint density at radius 3 is 2.44 bits per heavy atom. The molecule has 2 heterocycles. The molecule has 0 bridgehead atoms. The van der Waals surface area contributed by atoms with Crippen LogP contribution in [0.15, 0.2) is 90.1 Å². The lowest BCUT2D eigenvalue weighted by atomic mass is 9.92. The number of benzene rings is 3. The van der Waals surface area contributed by atoms with Crippen molar-refractivity contribution in [3.05, 3.63) is 112 Å². The van der Waals surface area contributed by atoms with Crippen LogP contribution in [0, 0.1) is 6.92 Å². The van der Waals surface area contributed by atoms with E-state index in [1.807, 2.05) is 80.6 Å². The Hall–Kier alpha value is -3.90. The number of ether oxygens (including phenoxy) is 1. The first-order valence-electron chi connectivity index (χ1n) is 11.0. The van der Waals surface area contributed by atoms with Crippen LogP contribution in [0.1, 0.15) is 29.7 Å². The first-order chi connectivity index (χ1) is 16.5. The smallest absolute Gasteiger partial charge is 0.338 e. The topological polar surface area (TPSA) is 69.0 Å². The molecule has 4 aromatic rings. The number of nitrogens with zero attached hydrogens (tertiary/aromatic N) is 3. The second-order valence-corrected chi connectivity index (χ2v) is 8.63. The number of carbonyl (C=O) groups excluding carboxylic acids is 1. The van der Waals surface area contributed by atoms with Crippen molar-refractivity contribution < 1.29 is 9.53 Å². The van der Waals surface area contributed by atoms with Gasteiger partial charge in [-0.05, 0) is 54.8 Å². The first-order valence-corrected chi connectivity index (χ1v) is 11.4. The van der Waals surface area contributed by atoms with E-state index in [2.05, 4.69) is 5.32 Å². The maximum atomic E-state index is 13.4. The molecule has 34 heavy (non-hydrogen) atoms. The van der Waals surface area contributed by atoms with Gasteiger partial charge in [0.15, 0.2) is 5.82 Å². The van der Waals surface area contributed by atoms with E-state index >= 15 is 0 Å². The number of halogens is 1. The molecule has 5 rings (SSSR count). The number of nitrogens with one attached hydrogen (secondary N) is 1. The first kappa shape index (κ1) is 21.9. The van der Waals surface area contributed by atoms with E-state index in [-0.39, 0.29) is 6.61 Å². The van der Waals surface area contributed by atoms with Crippen LogP contribution in [0.4, 0.5) is 5.95 Å². The summed E-state index contributed by atoms with van der Waals surface area (Å²) < 4.78 is 7.50. The summed E-state index contributed by atoms with van der Waals surface area (Å²) in [7, 11) is 0. The van der Waals surface area contributed by atoms with Gasteiger partial charge in [0.2, 0.25) is 5.95 Å². The summed E-state index contributed by atoms with van der Waals surface area (Å²) in [5.41, 5.74) is 4.97. The molecule has 7 heteroatoms. The maximum absolute atomic E-state index is 13.4. The van der Waals surface area contributed by atoms with Crippen LogP contribution in [0.5, 0.6) is 0 Å². The largest absolute Gasteiger partial charge is 0.457 e. The van der Waals surface area contributed by atoms with Gasteiger partial charge >= 0.3 is 5.97 Å². The number of aromatic nitrogens is 3. The fraction of sp³-hybridized carbons (Fsp3) is 0.148. The van der Waals surface area contributed by atoms with Crippen molar-refractivity contribution >= 4 is 23.5 Å². The second kappa shape index (κ2) is 9.15. The predicted molar refractivity (Wildman–Crippen MR) is 132 cm³/mol. The molecule has 3 aromatic carbocycles. The van der Waals surface area contributed by atoms with E-state index in [0.717, 1.165) is 22.3 Å². The molecule has 1 aromatic heterocycles. The number of aryl methyl sites for hydroxylation is 1. The summed E-state index contributed by atoms with van der Waals surface area (Å²) in [4.78, 5) is 18.1. The van der Waals surface area contributed by atoms with Gasteiger partial charge in [-0.3, -0.25) is 0 Å². The summed E-state index contributed by atoms with van der Waals surface area (Å²) in [5.74, 6) is 0.719. The van der Waals surface area contributed by atoms with Gasteiger partial charge in [0, 0.05) is 16.3 Å². The monoisotopic (exact) mass is 470 g/mol. The van der Waals surface area contributed by atoms with Crippen LogP contribution in [-0.4, -0.2) is 20.7 Å². The molecule has 0 saturated carbocycles. The van der Waals surface area contributed by atoms with Crippen molar-refractivity contribution in [3.63, 3.8) is 0 Å². The standard InChI is InChI=1S/C27H23ClN4O2/c1-17-8-6-7-11-22(17)24-23(26(33)34-16-19-9-4-3-5-10-19)18(2)29-27-30-25(31-32(24)27)20-12-14-21(28)15-13-20/h3-15,24H,16H2,1-2H3,(H,29,30,31)/t24-/m0/s1. The van der Waals surface area contributed by atoms with Crippen LogP contribution in [-0.2, 0) is 16.1 Å². The summed E-state index contributed by atoms with van der Waals surface area (Å²) in [6.45, 7) is 4.08. The number of carbonyl (C=O) groups is 1. The maximum Gasteiger partial charge on any atom is 0.338 e. The quantitative estimate of drug-likeness (QED) is 0.365. The number of hydrogen-bond donors (Lipinski definition) is 1. The SMILES string of the molecule is CC1=C(C(=O)OCc2ccccc2)[C@H](c2ccccc2C)n2nc(-c3ccc(Cl)cc3)nc2N1. The van der Waals surface area contributed by atoms with E-state index in [1.54, 1.807) is 16.8 Å². The van der Waals surface area contributed by atoms with Gasteiger partial charge in [0.25, 0.3) is 0 Å². The van der Waals surface area contributed by atoms with Crippen molar-refractivity contribution in [3.8, 4) is 11.4 Å². The normalized spacial score (nSPS) is 15.0. The third kappa shape index (κ3) is 4.20. The number of fused-ring (bicyclic) bond motifs is 1. The van der Waals surface area contributed by atoms with Crippen molar-refractivity contribution in [1.29, 1.82) is 0 Å². The van der Waals surface area contributed by atoms with Crippen LogP contribution < -0.4 is 5.32 Å². The molecular weight excluding hydrogens is 448 g/mol. The van der Waals surface area contributed by atoms with E-state index in [9.17, 15) is 4.79 Å². The van der Waals surface area contributed by atoms with Gasteiger partial charge < -0.3 is 10.1 Å². The Morgan fingerprint density at radius 2 is 1.71 bits per heavy atom. The third-order valence-corrected chi connectivity index (χ3v) is 6.12. The lowest BCUT2D eigenvalue weighted by Gasteiger charge is -2.29. The minimum Gasteiger partial charge on any atom is -0.457 e. The van der Waals surface area contributed by atoms with Gasteiger partial charge in [-0.1, -0.05) is 66.2 Å². The van der Waals surface area contributed by atoms with Crippen LogP contribution in [0.3, 0.4) is 0 Å². The molecular formula is C27H23ClN4O2. The minimum absolute atomic E-state index is 0.192. The van der Waals surface area contributed by atoms with E-state index < -0.39 is 12.0 Å². The van der Waals surface area contributed by atoms with E-state index in [0.29, 0.717) is 28.1 Å². The Morgan fingerprint density at radius 1 is 1.00 bits per heavy atom. The van der Waals surface area contributed by atoms with Crippen molar-refractivity contribution in [2.45, 2.75) is 26.5 Å². The Kier molecular flexibility index (Phi) is 5.90.